The van der Waals surface area contributed by atoms with E-state index in [0.29, 0.717) is 29.9 Å². The van der Waals surface area contributed by atoms with Crippen molar-refractivity contribution in [3.05, 3.63) is 77.5 Å². The normalized spacial score (nSPS) is 13.4. The highest BCUT2D eigenvalue weighted by molar-refractivity contribution is 6.13. The summed E-state index contributed by atoms with van der Waals surface area (Å²) in [5.41, 5.74) is 4.03. The van der Waals surface area contributed by atoms with Crippen molar-refractivity contribution in [2.45, 2.75) is 39.0 Å². The van der Waals surface area contributed by atoms with Gasteiger partial charge in [0.05, 0.1) is 23.5 Å². The van der Waals surface area contributed by atoms with Crippen molar-refractivity contribution in [2.75, 3.05) is 10.3 Å². The third-order valence-corrected chi connectivity index (χ3v) is 5.12. The van der Waals surface area contributed by atoms with Crippen LogP contribution in [0.4, 0.5) is 11.5 Å². The number of nitrogens with zero attached hydrogens (tertiary/aromatic N) is 3. The molecule has 1 aliphatic rings. The predicted octanol–water partition coefficient (Wildman–Crippen LogP) is 4.34. The van der Waals surface area contributed by atoms with Crippen LogP contribution >= 0.6 is 0 Å². The molecule has 1 aliphatic heterocycles. The largest absolute Gasteiger partial charge is 0.307 e. The van der Waals surface area contributed by atoms with Crippen LogP contribution in [0.25, 0.3) is 0 Å². The van der Waals surface area contributed by atoms with Gasteiger partial charge in [-0.2, -0.15) is 10.2 Å². The first-order chi connectivity index (χ1) is 15.1. The van der Waals surface area contributed by atoms with Crippen molar-refractivity contribution < 1.29 is 9.59 Å². The Morgan fingerprint density at radius 3 is 2.65 bits per heavy atom. The van der Waals surface area contributed by atoms with Gasteiger partial charge in [-0.1, -0.05) is 43.7 Å². The summed E-state index contributed by atoms with van der Waals surface area (Å²) in [6, 6.07) is 18.7. The number of amides is 2. The van der Waals surface area contributed by atoms with Crippen molar-refractivity contribution in [3.63, 3.8) is 0 Å². The summed E-state index contributed by atoms with van der Waals surface area (Å²) in [4.78, 5) is 25.0. The maximum Gasteiger partial charge on any atom is 0.256 e. The molecule has 1 aromatic heterocycles. The zero-order valence-corrected chi connectivity index (χ0v) is 17.5. The fourth-order valence-electron chi connectivity index (χ4n) is 3.47. The van der Waals surface area contributed by atoms with E-state index in [1.165, 1.54) is 5.01 Å². The molecule has 0 saturated heterocycles. The van der Waals surface area contributed by atoms with E-state index in [9.17, 15) is 9.59 Å². The first-order valence-electron chi connectivity index (χ1n) is 10.5. The number of aromatic nitrogens is 2. The van der Waals surface area contributed by atoms with E-state index in [4.69, 9.17) is 0 Å². The van der Waals surface area contributed by atoms with Gasteiger partial charge in [-0.15, -0.1) is 0 Å². The first kappa shape index (κ1) is 20.5. The van der Waals surface area contributed by atoms with Crippen LogP contribution in [-0.4, -0.2) is 27.7 Å². The van der Waals surface area contributed by atoms with E-state index in [0.717, 1.165) is 36.2 Å². The summed E-state index contributed by atoms with van der Waals surface area (Å²) < 4.78 is 0. The molecule has 7 heteroatoms. The molecule has 31 heavy (non-hydrogen) atoms. The van der Waals surface area contributed by atoms with Gasteiger partial charge in [0.15, 0.2) is 0 Å². The lowest BCUT2D eigenvalue weighted by Gasteiger charge is -2.12. The predicted molar refractivity (Wildman–Crippen MR) is 121 cm³/mol. The minimum atomic E-state index is -0.238. The van der Waals surface area contributed by atoms with E-state index in [-0.39, 0.29) is 11.8 Å². The van der Waals surface area contributed by atoms with Crippen molar-refractivity contribution in [2.24, 2.45) is 5.10 Å². The molecular weight excluding hydrogens is 390 g/mol. The number of aryl methyl sites for hydroxylation is 1. The lowest BCUT2D eigenvalue weighted by atomic mass is 10.1. The minimum absolute atomic E-state index is 0.0693. The highest BCUT2D eigenvalue weighted by atomic mass is 16.2. The monoisotopic (exact) mass is 415 g/mol. The van der Waals surface area contributed by atoms with Gasteiger partial charge in [-0.05, 0) is 42.7 Å². The molecule has 0 spiro atoms. The zero-order chi connectivity index (χ0) is 21.6. The van der Waals surface area contributed by atoms with Gasteiger partial charge >= 0.3 is 0 Å². The van der Waals surface area contributed by atoms with Crippen LogP contribution in [0.5, 0.6) is 0 Å². The number of rotatable bonds is 8. The van der Waals surface area contributed by atoms with Crippen LogP contribution in [0, 0.1) is 0 Å². The third kappa shape index (κ3) is 5.06. The Kier molecular flexibility index (Phi) is 6.21. The SMILES string of the molecule is CCCCc1cc(NC(=O)c2ccc(N3N=C(Cc4ccccc4)CC3=O)cc2)[nH]n1. The number of carbonyl (C=O) groups excluding carboxylic acids is 2. The number of benzene rings is 2. The van der Waals surface area contributed by atoms with Crippen LogP contribution in [0.1, 0.15) is 47.8 Å². The summed E-state index contributed by atoms with van der Waals surface area (Å²) in [5.74, 6) is 0.267. The summed E-state index contributed by atoms with van der Waals surface area (Å²) >= 11 is 0. The molecule has 2 aromatic carbocycles. The molecule has 0 atom stereocenters. The Balaban J connectivity index is 1.40. The van der Waals surface area contributed by atoms with Crippen molar-refractivity contribution in [3.8, 4) is 0 Å². The molecule has 0 radical (unpaired) electrons. The van der Waals surface area contributed by atoms with Crippen LogP contribution < -0.4 is 10.3 Å². The number of nitrogens with one attached hydrogen (secondary N) is 2. The summed E-state index contributed by atoms with van der Waals surface area (Å²) in [7, 11) is 0. The molecule has 4 rings (SSSR count). The van der Waals surface area contributed by atoms with Crippen molar-refractivity contribution in [1.82, 2.24) is 10.2 Å². The lowest BCUT2D eigenvalue weighted by Crippen LogP contribution is -2.19. The first-order valence-corrected chi connectivity index (χ1v) is 10.5. The van der Waals surface area contributed by atoms with E-state index < -0.39 is 0 Å². The Morgan fingerprint density at radius 2 is 1.90 bits per heavy atom. The molecule has 0 fully saturated rings. The minimum Gasteiger partial charge on any atom is -0.307 e. The van der Waals surface area contributed by atoms with Crippen molar-refractivity contribution >= 4 is 29.0 Å². The molecule has 0 bridgehead atoms. The van der Waals surface area contributed by atoms with Gasteiger partial charge in [0.2, 0.25) is 0 Å². The van der Waals surface area contributed by atoms with Crippen LogP contribution in [0.2, 0.25) is 0 Å². The number of hydrogen-bond acceptors (Lipinski definition) is 4. The molecule has 2 amide bonds. The van der Waals surface area contributed by atoms with Crippen molar-refractivity contribution in [1.29, 1.82) is 0 Å². The van der Waals surface area contributed by atoms with Gasteiger partial charge in [-0.3, -0.25) is 14.7 Å². The molecule has 3 aromatic rings. The topological polar surface area (TPSA) is 90.5 Å². The second kappa shape index (κ2) is 9.38. The smallest absolute Gasteiger partial charge is 0.256 e. The van der Waals surface area contributed by atoms with Crippen LogP contribution in [-0.2, 0) is 17.6 Å². The van der Waals surface area contributed by atoms with Gasteiger partial charge in [-0.25, -0.2) is 5.01 Å². The third-order valence-electron chi connectivity index (χ3n) is 5.12. The van der Waals surface area contributed by atoms with E-state index in [2.05, 4.69) is 27.5 Å². The molecular formula is C24H25N5O2. The Hall–Kier alpha value is -3.74. The Bertz CT molecular complexity index is 1090. The van der Waals surface area contributed by atoms with Gasteiger partial charge in [0, 0.05) is 18.1 Å². The summed E-state index contributed by atoms with van der Waals surface area (Å²) in [6.07, 6.45) is 3.99. The summed E-state index contributed by atoms with van der Waals surface area (Å²) in [6.45, 7) is 2.13. The van der Waals surface area contributed by atoms with Gasteiger partial charge in [0.25, 0.3) is 11.8 Å². The van der Waals surface area contributed by atoms with E-state index >= 15 is 0 Å². The average Bonchev–Trinajstić information content (AvgIpc) is 3.39. The number of hydrogen-bond donors (Lipinski definition) is 2. The molecule has 2 N–H and O–H groups in total. The molecule has 0 aliphatic carbocycles. The number of anilines is 2. The quantitative estimate of drug-likeness (QED) is 0.573. The lowest BCUT2D eigenvalue weighted by molar-refractivity contribution is -0.116. The standard InChI is InChI=1S/C24H25N5O2/c1-2-3-9-19-15-22(27-26-19)25-24(31)18-10-12-21(13-11-18)29-23(30)16-20(28-29)14-17-7-5-4-6-8-17/h4-8,10-13,15H,2-3,9,14,16H2,1H3,(H2,25,26,27,31). The second-order valence-corrected chi connectivity index (χ2v) is 7.59. The van der Waals surface area contributed by atoms with Crippen LogP contribution in [0.15, 0.2) is 65.8 Å². The number of H-pyrrole nitrogens is 1. The number of hydrazone groups is 1. The fraction of sp³-hybridized carbons (Fsp3) is 0.250. The Labute approximate surface area is 181 Å². The number of carbonyl (C=O) groups is 2. The van der Waals surface area contributed by atoms with Crippen LogP contribution in [0.3, 0.4) is 0 Å². The number of aromatic amines is 1. The van der Waals surface area contributed by atoms with Gasteiger partial charge < -0.3 is 5.32 Å². The maximum absolute atomic E-state index is 12.5. The van der Waals surface area contributed by atoms with E-state index in [1.54, 1.807) is 24.3 Å². The molecule has 2 heterocycles. The highest BCUT2D eigenvalue weighted by Gasteiger charge is 2.25. The molecule has 0 unspecified atom stereocenters. The average molecular weight is 415 g/mol. The van der Waals surface area contributed by atoms with Gasteiger partial charge in [0.1, 0.15) is 5.82 Å². The fourth-order valence-corrected chi connectivity index (χ4v) is 3.47. The van der Waals surface area contributed by atoms with E-state index in [1.807, 2.05) is 36.4 Å². The molecule has 7 nitrogen and oxygen atoms in total. The highest BCUT2D eigenvalue weighted by Crippen LogP contribution is 2.22. The second-order valence-electron chi connectivity index (χ2n) is 7.59. The molecule has 158 valence electrons. The number of unbranched alkanes of at least 4 members (excludes halogenated alkanes) is 1. The Morgan fingerprint density at radius 1 is 1.13 bits per heavy atom. The molecule has 0 saturated carbocycles. The summed E-state index contributed by atoms with van der Waals surface area (Å²) in [5, 5.41) is 15.8. The zero-order valence-electron chi connectivity index (χ0n) is 17.5. The maximum atomic E-state index is 12.5.